The molecule has 0 saturated carbocycles. The molecule has 1 aliphatic carbocycles. The van der Waals surface area contributed by atoms with E-state index in [4.69, 9.17) is 4.42 Å². The van der Waals surface area contributed by atoms with Crippen LogP contribution in [0.15, 0.2) is 180 Å². The number of rotatable bonds is 4. The molecule has 250 valence electrons. The zero-order valence-electron chi connectivity index (χ0n) is 29.6. The molecule has 0 atom stereocenters. The highest BCUT2D eigenvalue weighted by Crippen LogP contribution is 2.53. The summed E-state index contributed by atoms with van der Waals surface area (Å²) in [7, 11) is 0. The van der Waals surface area contributed by atoms with Crippen LogP contribution in [-0.2, 0) is 5.41 Å². The first-order valence-corrected chi connectivity index (χ1v) is 18.4. The van der Waals surface area contributed by atoms with Gasteiger partial charge in [-0.2, -0.15) is 0 Å². The number of furan rings is 1. The molecule has 10 aromatic rings. The number of hydrogen-bond donors (Lipinski definition) is 0. The van der Waals surface area contributed by atoms with Crippen LogP contribution in [0.4, 0.5) is 0 Å². The monoisotopic (exact) mass is 677 g/mol. The van der Waals surface area contributed by atoms with Crippen LogP contribution in [0.2, 0.25) is 0 Å². The third kappa shape index (κ3) is 4.45. The van der Waals surface area contributed by atoms with Crippen molar-refractivity contribution in [3.8, 4) is 50.2 Å². The van der Waals surface area contributed by atoms with E-state index in [0.717, 1.165) is 16.9 Å². The van der Waals surface area contributed by atoms with Gasteiger partial charge in [0.15, 0.2) is 0 Å². The number of fused-ring (bicyclic) bond motifs is 10. The van der Waals surface area contributed by atoms with Gasteiger partial charge in [0.25, 0.3) is 0 Å². The van der Waals surface area contributed by atoms with Crippen molar-refractivity contribution in [1.82, 2.24) is 4.57 Å². The van der Waals surface area contributed by atoms with Crippen molar-refractivity contribution < 1.29 is 4.42 Å². The van der Waals surface area contributed by atoms with Gasteiger partial charge in [-0.15, -0.1) is 0 Å². The van der Waals surface area contributed by atoms with Crippen molar-refractivity contribution >= 4 is 43.7 Å². The van der Waals surface area contributed by atoms with E-state index in [1.165, 1.54) is 88.2 Å². The first-order chi connectivity index (χ1) is 26.0. The average Bonchev–Trinajstić information content (AvgIpc) is 3.83. The summed E-state index contributed by atoms with van der Waals surface area (Å²) in [6.45, 7) is 4.68. The van der Waals surface area contributed by atoms with E-state index in [2.05, 4.69) is 188 Å². The van der Waals surface area contributed by atoms with Gasteiger partial charge in [-0.25, -0.2) is 0 Å². The van der Waals surface area contributed by atoms with Crippen LogP contribution >= 0.6 is 0 Å². The Morgan fingerprint density at radius 2 is 0.943 bits per heavy atom. The van der Waals surface area contributed by atoms with Crippen molar-refractivity contribution in [2.45, 2.75) is 19.3 Å². The summed E-state index contributed by atoms with van der Waals surface area (Å²) in [4.78, 5) is 0. The molecule has 0 spiro atoms. The van der Waals surface area contributed by atoms with Gasteiger partial charge in [0, 0.05) is 38.2 Å². The van der Waals surface area contributed by atoms with E-state index in [9.17, 15) is 0 Å². The lowest BCUT2D eigenvalue weighted by atomic mass is 9.81. The molecule has 8 aromatic carbocycles. The smallest absolute Gasteiger partial charge is 0.140 e. The molecule has 2 nitrogen and oxygen atoms in total. The maximum Gasteiger partial charge on any atom is 0.140 e. The third-order valence-electron chi connectivity index (χ3n) is 11.6. The van der Waals surface area contributed by atoms with E-state index in [-0.39, 0.29) is 5.41 Å². The van der Waals surface area contributed by atoms with Gasteiger partial charge < -0.3 is 8.98 Å². The van der Waals surface area contributed by atoms with Gasteiger partial charge >= 0.3 is 0 Å². The second-order valence-corrected chi connectivity index (χ2v) is 14.9. The highest BCUT2D eigenvalue weighted by atomic mass is 16.3. The van der Waals surface area contributed by atoms with Crippen molar-refractivity contribution in [3.63, 3.8) is 0 Å². The first-order valence-electron chi connectivity index (χ1n) is 18.4. The molecule has 11 rings (SSSR count). The number of benzene rings is 8. The van der Waals surface area contributed by atoms with Crippen LogP contribution < -0.4 is 0 Å². The molecule has 0 amide bonds. The normalized spacial score (nSPS) is 13.2. The molecule has 0 fully saturated rings. The quantitative estimate of drug-likeness (QED) is 0.181. The largest absolute Gasteiger partial charge is 0.456 e. The zero-order chi connectivity index (χ0) is 35.3. The zero-order valence-corrected chi connectivity index (χ0v) is 29.6. The summed E-state index contributed by atoms with van der Waals surface area (Å²) in [5.74, 6) is 0. The standard InChI is InChI=1S/C51H35NO/c1-51(2)45-31-37(19-24-39(45)41-25-26-42-40-15-9-10-16-48(40)53-50(42)49(41)51)34-17-22-38(23-18-34)52-46-27-20-35(32-11-5-3-6-12-32)29-43(46)44-30-36(21-28-47(44)52)33-13-7-4-8-14-33/h3-31H,1-2H3. The SMILES string of the molecule is CC1(C)c2cc(-c3ccc(-n4c5ccc(-c6ccccc6)cc5c5cc(-c6ccccc6)ccc54)cc3)ccc2-c2ccc3c(oc4ccccc43)c21. The predicted octanol–water partition coefficient (Wildman–Crippen LogP) is 14.0. The van der Waals surface area contributed by atoms with Crippen LogP contribution in [0.5, 0.6) is 0 Å². The van der Waals surface area contributed by atoms with Gasteiger partial charge in [-0.3, -0.25) is 0 Å². The predicted molar refractivity (Wildman–Crippen MR) is 222 cm³/mol. The molecule has 0 radical (unpaired) electrons. The Morgan fingerprint density at radius 3 is 1.60 bits per heavy atom. The molecular formula is C51H35NO. The highest BCUT2D eigenvalue weighted by molar-refractivity contribution is 6.12. The van der Waals surface area contributed by atoms with Crippen molar-refractivity contribution in [2.24, 2.45) is 0 Å². The molecule has 1 aliphatic rings. The lowest BCUT2D eigenvalue weighted by molar-refractivity contribution is 0.620. The Balaban J connectivity index is 1.02. The third-order valence-corrected chi connectivity index (χ3v) is 11.6. The Bertz CT molecular complexity index is 2960. The van der Waals surface area contributed by atoms with Crippen LogP contribution in [0.3, 0.4) is 0 Å². The van der Waals surface area contributed by atoms with E-state index in [1.54, 1.807) is 0 Å². The molecule has 0 N–H and O–H groups in total. The average molecular weight is 678 g/mol. The molecule has 2 heteroatoms. The molecule has 0 aliphatic heterocycles. The van der Waals surface area contributed by atoms with E-state index < -0.39 is 0 Å². The molecular weight excluding hydrogens is 643 g/mol. The number of nitrogens with zero attached hydrogens (tertiary/aromatic N) is 1. The lowest BCUT2D eigenvalue weighted by Crippen LogP contribution is -2.15. The Morgan fingerprint density at radius 1 is 0.415 bits per heavy atom. The van der Waals surface area contributed by atoms with E-state index in [1.807, 2.05) is 6.07 Å². The van der Waals surface area contributed by atoms with Gasteiger partial charge in [-0.1, -0.05) is 135 Å². The summed E-state index contributed by atoms with van der Waals surface area (Å²) in [5.41, 5.74) is 17.8. The summed E-state index contributed by atoms with van der Waals surface area (Å²) in [6, 6.07) is 64.1. The fraction of sp³-hybridized carbons (Fsp3) is 0.0588. The van der Waals surface area contributed by atoms with E-state index in [0.29, 0.717) is 0 Å². The minimum Gasteiger partial charge on any atom is -0.456 e. The molecule has 2 aromatic heterocycles. The van der Waals surface area contributed by atoms with Crippen LogP contribution in [-0.4, -0.2) is 4.57 Å². The summed E-state index contributed by atoms with van der Waals surface area (Å²) >= 11 is 0. The number of hydrogen-bond acceptors (Lipinski definition) is 1. The fourth-order valence-electron chi connectivity index (χ4n) is 8.97. The van der Waals surface area contributed by atoms with E-state index >= 15 is 0 Å². The highest BCUT2D eigenvalue weighted by Gasteiger charge is 2.38. The summed E-state index contributed by atoms with van der Waals surface area (Å²) < 4.78 is 8.96. The minimum atomic E-state index is -0.200. The fourth-order valence-corrected chi connectivity index (χ4v) is 8.97. The topological polar surface area (TPSA) is 18.1 Å². The second kappa shape index (κ2) is 11.2. The summed E-state index contributed by atoms with van der Waals surface area (Å²) in [6.07, 6.45) is 0. The Hall–Kier alpha value is -6.64. The van der Waals surface area contributed by atoms with Gasteiger partial charge in [-0.05, 0) is 105 Å². The minimum absolute atomic E-state index is 0.200. The Kier molecular flexibility index (Phi) is 6.33. The lowest BCUT2D eigenvalue weighted by Gasteiger charge is -2.22. The molecule has 2 heterocycles. The number of para-hydroxylation sites is 1. The van der Waals surface area contributed by atoms with Gasteiger partial charge in [0.05, 0.1) is 11.0 Å². The Labute approximate surface area is 308 Å². The van der Waals surface area contributed by atoms with Crippen molar-refractivity contribution in [3.05, 3.63) is 187 Å². The molecule has 0 bridgehead atoms. The molecule has 53 heavy (non-hydrogen) atoms. The van der Waals surface area contributed by atoms with Crippen molar-refractivity contribution in [1.29, 1.82) is 0 Å². The van der Waals surface area contributed by atoms with Gasteiger partial charge in [0.2, 0.25) is 0 Å². The van der Waals surface area contributed by atoms with Crippen LogP contribution in [0.1, 0.15) is 25.0 Å². The van der Waals surface area contributed by atoms with Crippen molar-refractivity contribution in [2.75, 3.05) is 0 Å². The maximum absolute atomic E-state index is 6.54. The number of aromatic nitrogens is 1. The first kappa shape index (κ1) is 30.0. The molecule has 0 unspecified atom stereocenters. The second-order valence-electron chi connectivity index (χ2n) is 14.9. The van der Waals surface area contributed by atoms with Crippen LogP contribution in [0, 0.1) is 0 Å². The van der Waals surface area contributed by atoms with Crippen LogP contribution in [0.25, 0.3) is 93.9 Å². The molecule has 0 saturated heterocycles. The maximum atomic E-state index is 6.54. The van der Waals surface area contributed by atoms with Gasteiger partial charge in [0.1, 0.15) is 11.2 Å². The summed E-state index contributed by atoms with van der Waals surface area (Å²) in [5, 5.41) is 4.87.